The van der Waals surface area contributed by atoms with E-state index in [0.717, 1.165) is 12.1 Å². The van der Waals surface area contributed by atoms with Crippen LogP contribution in [-0.4, -0.2) is 10.7 Å². The molecule has 0 spiro atoms. The molecule has 0 aromatic heterocycles. The number of benzene rings is 2. The number of carbonyl (C=O) groups is 1. The van der Waals surface area contributed by atoms with Crippen molar-refractivity contribution in [3.63, 3.8) is 0 Å². The molecule has 0 unspecified atom stereocenters. The van der Waals surface area contributed by atoms with E-state index in [1.807, 2.05) is 24.3 Å². The van der Waals surface area contributed by atoms with Gasteiger partial charge in [-0.05, 0) is 69.3 Å². The average molecular weight is 389 g/mol. The predicted molar refractivity (Wildman–Crippen MR) is 114 cm³/mol. The van der Waals surface area contributed by atoms with Gasteiger partial charge in [-0.15, -0.1) is 0 Å². The van der Waals surface area contributed by atoms with E-state index in [1.165, 1.54) is 5.56 Å². The molecule has 2 aromatic carbocycles. The van der Waals surface area contributed by atoms with Crippen LogP contribution in [0, 0.1) is 0 Å². The molecule has 0 aliphatic carbocycles. The van der Waals surface area contributed by atoms with Crippen molar-refractivity contribution in [1.82, 2.24) is 5.32 Å². The second-order valence-corrected chi connectivity index (χ2v) is 9.12. The first-order valence-electron chi connectivity index (χ1n) is 8.51. The number of anilines is 1. The molecule has 5 heteroatoms. The van der Waals surface area contributed by atoms with E-state index in [2.05, 4.69) is 49.5 Å². The summed E-state index contributed by atoms with van der Waals surface area (Å²) in [5, 5.41) is 3.41. The lowest BCUT2D eigenvalue weighted by Gasteiger charge is -2.20. The maximum atomic E-state index is 12.7. The van der Waals surface area contributed by atoms with Gasteiger partial charge in [0.15, 0.2) is 0 Å². The van der Waals surface area contributed by atoms with E-state index in [0.29, 0.717) is 22.7 Å². The molecule has 0 fully saturated rings. The first-order chi connectivity index (χ1) is 12.2. The zero-order valence-electron chi connectivity index (χ0n) is 15.4. The molecule has 138 valence electrons. The number of halogens is 1. The van der Waals surface area contributed by atoms with Gasteiger partial charge < -0.3 is 10.0 Å². The quantitative estimate of drug-likeness (QED) is 0.565. The van der Waals surface area contributed by atoms with Crippen molar-refractivity contribution < 1.29 is 4.79 Å². The molecule has 2 aromatic rings. The van der Waals surface area contributed by atoms with Crippen molar-refractivity contribution in [3.05, 3.63) is 77.0 Å². The molecular weight excluding hydrogens is 364 g/mol. The molecule has 0 atom stereocenters. The SMILES string of the molecule is C=C(CCc1ccccc1)NC(=O)c1cc(Cl)ccc1NSC(C)(C)C. The largest absolute Gasteiger partial charge is 0.329 e. The van der Waals surface area contributed by atoms with Crippen LogP contribution in [0.25, 0.3) is 0 Å². The van der Waals surface area contributed by atoms with E-state index in [9.17, 15) is 4.79 Å². The summed E-state index contributed by atoms with van der Waals surface area (Å²) in [6.45, 7) is 10.3. The van der Waals surface area contributed by atoms with E-state index >= 15 is 0 Å². The Labute approximate surface area is 165 Å². The van der Waals surface area contributed by atoms with E-state index in [4.69, 9.17) is 11.6 Å². The third-order valence-corrected chi connectivity index (χ3v) is 4.71. The fourth-order valence-electron chi connectivity index (χ4n) is 2.23. The molecular formula is C21H25ClN2OS. The van der Waals surface area contributed by atoms with Gasteiger partial charge in [-0.3, -0.25) is 4.79 Å². The van der Waals surface area contributed by atoms with Gasteiger partial charge in [-0.25, -0.2) is 0 Å². The Bertz CT molecular complexity index is 769. The third kappa shape index (κ3) is 6.77. The van der Waals surface area contributed by atoms with Gasteiger partial charge >= 0.3 is 0 Å². The lowest BCUT2D eigenvalue weighted by atomic mass is 10.1. The number of hydrogen-bond donors (Lipinski definition) is 2. The van der Waals surface area contributed by atoms with Gasteiger partial charge in [0.05, 0.1) is 11.3 Å². The number of allylic oxidation sites excluding steroid dienone is 1. The molecule has 0 radical (unpaired) electrons. The van der Waals surface area contributed by atoms with Crippen molar-refractivity contribution in [2.24, 2.45) is 0 Å². The molecule has 0 heterocycles. The van der Waals surface area contributed by atoms with Gasteiger partial charge in [0.2, 0.25) is 0 Å². The second kappa shape index (κ2) is 9.15. The summed E-state index contributed by atoms with van der Waals surface area (Å²) < 4.78 is 3.28. The molecule has 0 saturated carbocycles. The van der Waals surface area contributed by atoms with Gasteiger partial charge in [0.1, 0.15) is 0 Å². The molecule has 0 aliphatic heterocycles. The normalized spacial score (nSPS) is 11.1. The van der Waals surface area contributed by atoms with Crippen LogP contribution in [0.4, 0.5) is 5.69 Å². The van der Waals surface area contributed by atoms with Crippen molar-refractivity contribution >= 4 is 35.1 Å². The summed E-state index contributed by atoms with van der Waals surface area (Å²) in [6.07, 6.45) is 1.52. The summed E-state index contributed by atoms with van der Waals surface area (Å²) in [7, 11) is 0. The minimum Gasteiger partial charge on any atom is -0.329 e. The van der Waals surface area contributed by atoms with Crippen LogP contribution < -0.4 is 10.0 Å². The van der Waals surface area contributed by atoms with Crippen LogP contribution in [0.1, 0.15) is 43.1 Å². The van der Waals surface area contributed by atoms with Crippen molar-refractivity contribution in [3.8, 4) is 0 Å². The monoisotopic (exact) mass is 388 g/mol. The van der Waals surface area contributed by atoms with Crippen LogP contribution in [0.15, 0.2) is 60.8 Å². The van der Waals surface area contributed by atoms with E-state index in [-0.39, 0.29) is 10.7 Å². The van der Waals surface area contributed by atoms with Gasteiger partial charge in [-0.1, -0.05) is 48.5 Å². The molecule has 1 amide bonds. The Morgan fingerprint density at radius 3 is 2.50 bits per heavy atom. The van der Waals surface area contributed by atoms with Crippen LogP contribution in [-0.2, 0) is 6.42 Å². The highest BCUT2D eigenvalue weighted by atomic mass is 35.5. The third-order valence-electron chi connectivity index (χ3n) is 3.54. The minimum absolute atomic E-state index is 0.0205. The fourth-order valence-corrected chi connectivity index (χ4v) is 3.00. The maximum Gasteiger partial charge on any atom is 0.257 e. The molecule has 0 saturated heterocycles. The van der Waals surface area contributed by atoms with Gasteiger partial charge in [-0.2, -0.15) is 0 Å². The number of nitrogens with one attached hydrogen (secondary N) is 2. The highest BCUT2D eigenvalue weighted by molar-refractivity contribution is 8.01. The highest BCUT2D eigenvalue weighted by Gasteiger charge is 2.16. The van der Waals surface area contributed by atoms with Crippen LogP contribution in [0.2, 0.25) is 5.02 Å². The maximum absolute atomic E-state index is 12.7. The number of hydrogen-bond acceptors (Lipinski definition) is 3. The van der Waals surface area contributed by atoms with Crippen LogP contribution in [0.3, 0.4) is 0 Å². The smallest absolute Gasteiger partial charge is 0.257 e. The number of rotatable bonds is 7. The first kappa shape index (κ1) is 20.4. The van der Waals surface area contributed by atoms with Crippen molar-refractivity contribution in [2.45, 2.75) is 38.4 Å². The Morgan fingerprint density at radius 2 is 1.85 bits per heavy atom. The second-order valence-electron chi connectivity index (χ2n) is 7.05. The van der Waals surface area contributed by atoms with Crippen molar-refractivity contribution in [1.29, 1.82) is 0 Å². The molecule has 26 heavy (non-hydrogen) atoms. The topological polar surface area (TPSA) is 41.1 Å². The predicted octanol–water partition coefficient (Wildman–Crippen LogP) is 6.07. The lowest BCUT2D eigenvalue weighted by molar-refractivity contribution is 0.0965. The number of carbonyl (C=O) groups excluding carboxylic acids is 1. The van der Waals surface area contributed by atoms with Crippen LogP contribution in [0.5, 0.6) is 0 Å². The number of amides is 1. The van der Waals surface area contributed by atoms with Gasteiger partial charge in [0.25, 0.3) is 5.91 Å². The Morgan fingerprint density at radius 1 is 1.15 bits per heavy atom. The standard InChI is InChI=1S/C21H25ClN2OS/c1-15(10-11-16-8-6-5-7-9-16)23-20(25)18-14-17(22)12-13-19(18)24-26-21(2,3)4/h5-9,12-14,24H,1,10-11H2,2-4H3,(H,23,25). The summed E-state index contributed by atoms with van der Waals surface area (Å²) in [4.78, 5) is 12.7. The highest BCUT2D eigenvalue weighted by Crippen LogP contribution is 2.29. The number of aryl methyl sites for hydroxylation is 1. The zero-order chi connectivity index (χ0) is 19.2. The summed E-state index contributed by atoms with van der Waals surface area (Å²) in [6, 6.07) is 15.4. The Hall–Kier alpha value is -1.91. The Balaban J connectivity index is 2.01. The summed E-state index contributed by atoms with van der Waals surface area (Å²) in [5.41, 5.74) is 3.15. The lowest BCUT2D eigenvalue weighted by Crippen LogP contribution is -2.23. The zero-order valence-corrected chi connectivity index (χ0v) is 17.0. The molecule has 2 rings (SSSR count). The fraction of sp³-hybridized carbons (Fsp3) is 0.286. The first-order valence-corrected chi connectivity index (χ1v) is 9.71. The van der Waals surface area contributed by atoms with E-state index < -0.39 is 0 Å². The molecule has 2 N–H and O–H groups in total. The Kier molecular flexibility index (Phi) is 7.18. The minimum atomic E-state index is -0.206. The average Bonchev–Trinajstić information content (AvgIpc) is 2.59. The summed E-state index contributed by atoms with van der Waals surface area (Å²) >= 11 is 7.65. The molecule has 3 nitrogen and oxygen atoms in total. The van der Waals surface area contributed by atoms with Crippen LogP contribution >= 0.6 is 23.5 Å². The van der Waals surface area contributed by atoms with E-state index in [1.54, 1.807) is 24.1 Å². The molecule has 0 bridgehead atoms. The van der Waals surface area contributed by atoms with Crippen molar-refractivity contribution in [2.75, 3.05) is 4.72 Å². The molecule has 0 aliphatic rings. The summed E-state index contributed by atoms with van der Waals surface area (Å²) in [5.74, 6) is -0.206. The van der Waals surface area contributed by atoms with Gasteiger partial charge in [0, 0.05) is 15.5 Å².